The minimum absolute atomic E-state index is 0.236. The Labute approximate surface area is 144 Å². The molecular formula is C16H11N3O5S. The molecule has 1 heterocycles. The van der Waals surface area contributed by atoms with Crippen LogP contribution in [-0.4, -0.2) is 26.9 Å². The number of carbonyl (C=O) groups excluding carboxylic acids is 1. The molecule has 1 amide bonds. The van der Waals surface area contributed by atoms with E-state index in [1.54, 1.807) is 6.07 Å². The van der Waals surface area contributed by atoms with Crippen molar-refractivity contribution in [3.63, 3.8) is 0 Å². The van der Waals surface area contributed by atoms with E-state index in [2.05, 4.69) is 10.3 Å². The number of carboxylic acids is 1. The molecule has 3 rings (SSSR count). The molecule has 1 aromatic heterocycles. The SMILES string of the molecule is Cc1ccc2nc(NC(=O)c3c(C(=O)O)cccc3[N+](=O)[O-])sc2c1. The summed E-state index contributed by atoms with van der Waals surface area (Å²) in [6, 6.07) is 9.02. The number of rotatable bonds is 4. The number of amides is 1. The summed E-state index contributed by atoms with van der Waals surface area (Å²) in [5.74, 6) is -2.31. The topological polar surface area (TPSA) is 122 Å². The lowest BCUT2D eigenvalue weighted by Crippen LogP contribution is -2.18. The number of aromatic nitrogens is 1. The fourth-order valence-corrected chi connectivity index (χ4v) is 3.31. The summed E-state index contributed by atoms with van der Waals surface area (Å²) >= 11 is 1.20. The number of hydrogen-bond acceptors (Lipinski definition) is 6. The van der Waals surface area contributed by atoms with E-state index in [0.29, 0.717) is 5.52 Å². The zero-order chi connectivity index (χ0) is 18.1. The van der Waals surface area contributed by atoms with E-state index in [9.17, 15) is 24.8 Å². The van der Waals surface area contributed by atoms with Crippen LogP contribution in [0.1, 0.15) is 26.3 Å². The number of aromatic carboxylic acids is 1. The van der Waals surface area contributed by atoms with Gasteiger partial charge in [0.1, 0.15) is 5.56 Å². The van der Waals surface area contributed by atoms with Crippen molar-refractivity contribution in [3.05, 3.63) is 63.2 Å². The minimum atomic E-state index is -1.42. The average Bonchev–Trinajstić information content (AvgIpc) is 2.95. The second-order valence-corrected chi connectivity index (χ2v) is 6.24. The number of nitro benzene ring substituents is 1. The average molecular weight is 357 g/mol. The van der Waals surface area contributed by atoms with Crippen molar-refractivity contribution in [3.8, 4) is 0 Å². The smallest absolute Gasteiger partial charge is 0.336 e. The molecule has 25 heavy (non-hydrogen) atoms. The van der Waals surface area contributed by atoms with Gasteiger partial charge in [-0.3, -0.25) is 20.2 Å². The number of thiazole rings is 1. The summed E-state index contributed by atoms with van der Waals surface area (Å²) in [4.78, 5) is 38.4. The molecule has 3 aromatic rings. The Bertz CT molecular complexity index is 996. The zero-order valence-corrected chi connectivity index (χ0v) is 13.7. The summed E-state index contributed by atoms with van der Waals surface area (Å²) in [5, 5.41) is 23.1. The molecule has 2 aromatic carbocycles. The first-order valence-corrected chi connectivity index (χ1v) is 7.87. The largest absolute Gasteiger partial charge is 0.478 e. The van der Waals surface area contributed by atoms with Gasteiger partial charge in [-0.25, -0.2) is 9.78 Å². The Morgan fingerprint density at radius 3 is 2.72 bits per heavy atom. The second-order valence-electron chi connectivity index (χ2n) is 5.21. The van der Waals surface area contributed by atoms with Crippen molar-refractivity contribution < 1.29 is 19.6 Å². The molecular weight excluding hydrogens is 346 g/mol. The van der Waals surface area contributed by atoms with Gasteiger partial charge in [0, 0.05) is 6.07 Å². The third-order valence-corrected chi connectivity index (χ3v) is 4.39. The number of fused-ring (bicyclic) bond motifs is 1. The zero-order valence-electron chi connectivity index (χ0n) is 12.8. The summed E-state index contributed by atoms with van der Waals surface area (Å²) in [5.41, 5.74) is 0.182. The van der Waals surface area contributed by atoms with Crippen molar-refractivity contribution >= 4 is 44.2 Å². The number of aryl methyl sites for hydroxylation is 1. The van der Waals surface area contributed by atoms with Crippen LogP contribution in [0.15, 0.2) is 36.4 Å². The van der Waals surface area contributed by atoms with Crippen LogP contribution < -0.4 is 5.32 Å². The molecule has 9 heteroatoms. The maximum absolute atomic E-state index is 12.5. The number of carbonyl (C=O) groups is 2. The first-order chi connectivity index (χ1) is 11.9. The first kappa shape index (κ1) is 16.5. The van der Waals surface area contributed by atoms with Gasteiger partial charge in [0.25, 0.3) is 11.6 Å². The van der Waals surface area contributed by atoms with Gasteiger partial charge in [-0.1, -0.05) is 23.5 Å². The molecule has 0 bridgehead atoms. The van der Waals surface area contributed by atoms with Crippen LogP contribution in [0.3, 0.4) is 0 Å². The third kappa shape index (κ3) is 3.17. The van der Waals surface area contributed by atoms with E-state index in [0.717, 1.165) is 22.4 Å². The van der Waals surface area contributed by atoms with E-state index in [-0.39, 0.29) is 5.13 Å². The Hall–Kier alpha value is -3.33. The molecule has 0 unspecified atom stereocenters. The van der Waals surface area contributed by atoms with Gasteiger partial charge in [-0.2, -0.15) is 0 Å². The van der Waals surface area contributed by atoms with Gasteiger partial charge >= 0.3 is 5.97 Å². The molecule has 0 fully saturated rings. The monoisotopic (exact) mass is 357 g/mol. The van der Waals surface area contributed by atoms with Crippen LogP contribution >= 0.6 is 11.3 Å². The Morgan fingerprint density at radius 1 is 1.28 bits per heavy atom. The minimum Gasteiger partial charge on any atom is -0.478 e. The summed E-state index contributed by atoms with van der Waals surface area (Å²) < 4.78 is 0.844. The lowest BCUT2D eigenvalue weighted by molar-refractivity contribution is -0.385. The number of nitro groups is 1. The summed E-state index contributed by atoms with van der Waals surface area (Å²) in [6.45, 7) is 1.92. The number of nitrogens with zero attached hydrogens (tertiary/aromatic N) is 2. The molecule has 0 saturated heterocycles. The van der Waals surface area contributed by atoms with Crippen LogP contribution in [0.25, 0.3) is 10.2 Å². The quantitative estimate of drug-likeness (QED) is 0.544. The molecule has 8 nitrogen and oxygen atoms in total. The maximum Gasteiger partial charge on any atom is 0.336 e. The second kappa shape index (κ2) is 6.29. The molecule has 0 aliphatic rings. The van der Waals surface area contributed by atoms with E-state index in [1.165, 1.54) is 17.4 Å². The predicted octanol–water partition coefficient (Wildman–Crippen LogP) is 3.46. The molecule has 0 radical (unpaired) electrons. The number of nitrogens with one attached hydrogen (secondary N) is 1. The molecule has 0 aliphatic heterocycles. The standard InChI is InChI=1S/C16H11N3O5S/c1-8-5-6-10-12(7-8)25-16(17-10)18-14(20)13-9(15(21)22)3-2-4-11(13)19(23)24/h2-7H,1H3,(H,21,22)(H,17,18,20). The fourth-order valence-electron chi connectivity index (χ4n) is 2.35. The molecule has 0 aliphatic carbocycles. The highest BCUT2D eigenvalue weighted by Gasteiger charge is 2.27. The van der Waals surface area contributed by atoms with Crippen molar-refractivity contribution in [1.82, 2.24) is 4.98 Å². The Kier molecular flexibility index (Phi) is 4.15. The van der Waals surface area contributed by atoms with E-state index >= 15 is 0 Å². The fraction of sp³-hybridized carbons (Fsp3) is 0.0625. The van der Waals surface area contributed by atoms with Crippen molar-refractivity contribution in [1.29, 1.82) is 0 Å². The molecule has 0 atom stereocenters. The number of anilines is 1. The van der Waals surface area contributed by atoms with Gasteiger partial charge in [0.05, 0.1) is 20.7 Å². The van der Waals surface area contributed by atoms with E-state index in [4.69, 9.17) is 0 Å². The van der Waals surface area contributed by atoms with Crippen LogP contribution in [0, 0.1) is 17.0 Å². The van der Waals surface area contributed by atoms with Crippen LogP contribution in [0.2, 0.25) is 0 Å². The highest BCUT2D eigenvalue weighted by atomic mass is 32.1. The van der Waals surface area contributed by atoms with Gasteiger partial charge in [-0.05, 0) is 30.7 Å². The first-order valence-electron chi connectivity index (χ1n) is 7.06. The molecule has 0 spiro atoms. The van der Waals surface area contributed by atoms with Gasteiger partial charge in [-0.15, -0.1) is 0 Å². The normalized spacial score (nSPS) is 10.6. The molecule has 126 valence electrons. The maximum atomic E-state index is 12.5. The van der Waals surface area contributed by atoms with Crippen molar-refractivity contribution in [2.24, 2.45) is 0 Å². The highest BCUT2D eigenvalue weighted by Crippen LogP contribution is 2.29. The summed E-state index contributed by atoms with van der Waals surface area (Å²) in [7, 11) is 0. The van der Waals surface area contributed by atoms with E-state index in [1.807, 2.05) is 19.1 Å². The number of hydrogen-bond donors (Lipinski definition) is 2. The Balaban J connectivity index is 2.02. The lowest BCUT2D eigenvalue weighted by Gasteiger charge is -2.06. The molecule has 2 N–H and O–H groups in total. The van der Waals surface area contributed by atoms with Crippen molar-refractivity contribution in [2.75, 3.05) is 5.32 Å². The van der Waals surface area contributed by atoms with Crippen molar-refractivity contribution in [2.45, 2.75) is 6.92 Å². The Morgan fingerprint density at radius 2 is 2.04 bits per heavy atom. The van der Waals surface area contributed by atoms with Crippen LogP contribution in [0.4, 0.5) is 10.8 Å². The van der Waals surface area contributed by atoms with Gasteiger partial charge in [0.2, 0.25) is 0 Å². The van der Waals surface area contributed by atoms with E-state index < -0.39 is 33.6 Å². The van der Waals surface area contributed by atoms with Gasteiger partial charge < -0.3 is 5.11 Å². The summed E-state index contributed by atoms with van der Waals surface area (Å²) in [6.07, 6.45) is 0. The van der Waals surface area contributed by atoms with Gasteiger partial charge in [0.15, 0.2) is 5.13 Å². The van der Waals surface area contributed by atoms with Crippen LogP contribution in [0.5, 0.6) is 0 Å². The highest BCUT2D eigenvalue weighted by molar-refractivity contribution is 7.22. The third-order valence-electron chi connectivity index (χ3n) is 3.46. The number of benzene rings is 2. The predicted molar refractivity (Wildman–Crippen MR) is 92.4 cm³/mol. The van der Waals surface area contributed by atoms with Crippen LogP contribution in [-0.2, 0) is 0 Å². The number of carboxylic acid groups (broad SMARTS) is 1. The lowest BCUT2D eigenvalue weighted by atomic mass is 10.0. The molecule has 0 saturated carbocycles.